The van der Waals surface area contributed by atoms with Crippen LogP contribution >= 0.6 is 0 Å². The number of carbonyl (C=O) groups is 1. The van der Waals surface area contributed by atoms with E-state index in [-0.39, 0.29) is 17.8 Å². The number of hydrogen-bond donors (Lipinski definition) is 4. The van der Waals surface area contributed by atoms with Gasteiger partial charge in [-0.1, -0.05) is 0 Å². The molecule has 0 aliphatic heterocycles. The van der Waals surface area contributed by atoms with Gasteiger partial charge < -0.3 is 20.8 Å². The lowest BCUT2D eigenvalue weighted by Crippen LogP contribution is -2.42. The number of hydrogen-bond acceptors (Lipinski definition) is 7. The molecular weight excluding hydrogens is 458 g/mol. The summed E-state index contributed by atoms with van der Waals surface area (Å²) in [5, 5.41) is 38.3. The lowest BCUT2D eigenvalue weighted by Gasteiger charge is -2.24. The summed E-state index contributed by atoms with van der Waals surface area (Å²) in [4.78, 5) is 17.1. The smallest absolute Gasteiger partial charge is 0.255 e. The molecule has 11 heteroatoms. The molecule has 0 fully saturated rings. The standard InChI is InChI=1S/C24H28F2N6O3/c1-23(2,34)20(25)12-29-17-8-18(19-6-5-15-7-14(9-27)10-31-32(15)19)28-11-16(17)22(33)30-13-21(26)24(3,4)35/h5-8,10-11,20-21,34-35H,12-13H2,1-4H3,(H,28,29)(H,30,33). The van der Waals surface area contributed by atoms with E-state index in [0.717, 1.165) is 0 Å². The lowest BCUT2D eigenvalue weighted by molar-refractivity contribution is -0.00178. The third kappa shape index (κ3) is 6.09. The molecule has 0 radical (unpaired) electrons. The van der Waals surface area contributed by atoms with Gasteiger partial charge in [0.25, 0.3) is 5.91 Å². The van der Waals surface area contributed by atoms with Crippen molar-refractivity contribution >= 4 is 17.1 Å². The average molecular weight is 487 g/mol. The van der Waals surface area contributed by atoms with Gasteiger partial charge in [0, 0.05) is 12.7 Å². The summed E-state index contributed by atoms with van der Waals surface area (Å²) in [7, 11) is 0. The Labute approximate surface area is 201 Å². The van der Waals surface area contributed by atoms with Crippen molar-refractivity contribution < 1.29 is 23.8 Å². The highest BCUT2D eigenvalue weighted by Gasteiger charge is 2.29. The maximum absolute atomic E-state index is 14.4. The molecule has 0 saturated heterocycles. The molecule has 0 saturated carbocycles. The average Bonchev–Trinajstić information content (AvgIpc) is 3.22. The molecular formula is C24H28F2N6O3. The Balaban J connectivity index is 1.95. The van der Waals surface area contributed by atoms with E-state index in [0.29, 0.717) is 22.5 Å². The van der Waals surface area contributed by atoms with E-state index < -0.39 is 36.0 Å². The van der Waals surface area contributed by atoms with Gasteiger partial charge in [-0.15, -0.1) is 0 Å². The Bertz CT molecular complexity index is 1260. The Hall–Kier alpha value is -3.62. The second-order valence-electron chi connectivity index (χ2n) is 9.36. The zero-order valence-corrected chi connectivity index (χ0v) is 19.9. The number of carbonyl (C=O) groups excluding carboxylic acids is 1. The van der Waals surface area contributed by atoms with Crippen molar-refractivity contribution in [2.75, 3.05) is 18.4 Å². The maximum Gasteiger partial charge on any atom is 0.255 e. The van der Waals surface area contributed by atoms with E-state index in [4.69, 9.17) is 5.26 Å². The molecule has 3 heterocycles. The first-order chi connectivity index (χ1) is 16.3. The maximum atomic E-state index is 14.4. The highest BCUT2D eigenvalue weighted by atomic mass is 19.1. The van der Waals surface area contributed by atoms with E-state index >= 15 is 0 Å². The summed E-state index contributed by atoms with van der Waals surface area (Å²) < 4.78 is 30.1. The zero-order valence-electron chi connectivity index (χ0n) is 19.9. The molecule has 3 rings (SSSR count). The molecule has 3 aromatic rings. The molecule has 0 aliphatic rings. The Morgan fingerprint density at radius 2 is 1.77 bits per heavy atom. The third-order valence-electron chi connectivity index (χ3n) is 5.49. The van der Waals surface area contributed by atoms with E-state index in [1.165, 1.54) is 46.2 Å². The van der Waals surface area contributed by atoms with Crippen LogP contribution in [-0.4, -0.2) is 67.4 Å². The number of pyridine rings is 1. The molecule has 0 bridgehead atoms. The molecule has 0 aliphatic carbocycles. The summed E-state index contributed by atoms with van der Waals surface area (Å²) in [5.41, 5.74) is -1.00. The number of nitrogens with one attached hydrogen (secondary N) is 2. The number of aliphatic hydroxyl groups is 2. The predicted molar refractivity (Wildman–Crippen MR) is 126 cm³/mol. The van der Waals surface area contributed by atoms with Crippen molar-refractivity contribution in [1.29, 1.82) is 5.26 Å². The number of nitriles is 1. The summed E-state index contributed by atoms with van der Waals surface area (Å²) in [6.07, 6.45) is -0.688. The highest BCUT2D eigenvalue weighted by Crippen LogP contribution is 2.26. The zero-order chi connectivity index (χ0) is 26.0. The second-order valence-corrected chi connectivity index (χ2v) is 9.36. The van der Waals surface area contributed by atoms with Crippen LogP contribution in [0.15, 0.2) is 36.7 Å². The number of aromatic nitrogens is 3. The first kappa shape index (κ1) is 26.0. The van der Waals surface area contributed by atoms with Crippen molar-refractivity contribution in [1.82, 2.24) is 19.9 Å². The van der Waals surface area contributed by atoms with Gasteiger partial charge in [-0.25, -0.2) is 13.3 Å². The molecule has 2 unspecified atom stereocenters. The van der Waals surface area contributed by atoms with Crippen molar-refractivity contribution in [3.63, 3.8) is 0 Å². The van der Waals surface area contributed by atoms with Gasteiger partial charge in [0.15, 0.2) is 0 Å². The summed E-state index contributed by atoms with van der Waals surface area (Å²) in [5.74, 6) is -0.672. The Morgan fingerprint density at radius 1 is 1.11 bits per heavy atom. The van der Waals surface area contributed by atoms with Crippen molar-refractivity contribution in [2.24, 2.45) is 0 Å². The number of nitrogens with zero attached hydrogens (tertiary/aromatic N) is 4. The number of fused-ring (bicyclic) bond motifs is 1. The van der Waals surface area contributed by atoms with Crippen LogP contribution in [-0.2, 0) is 0 Å². The molecule has 4 N–H and O–H groups in total. The van der Waals surface area contributed by atoms with Gasteiger partial charge in [0.1, 0.15) is 18.4 Å². The fraction of sp³-hybridized carbons (Fsp3) is 0.417. The Morgan fingerprint density at radius 3 is 2.40 bits per heavy atom. The highest BCUT2D eigenvalue weighted by molar-refractivity contribution is 6.00. The van der Waals surface area contributed by atoms with E-state index in [1.54, 1.807) is 22.7 Å². The first-order valence-electron chi connectivity index (χ1n) is 10.9. The quantitative estimate of drug-likeness (QED) is 0.365. The fourth-order valence-corrected chi connectivity index (χ4v) is 3.15. The SMILES string of the molecule is CC(C)(O)C(F)CNC(=O)c1cnc(-c2ccc3cc(C#N)cnn23)cc1NCC(F)C(C)(C)O. The summed E-state index contributed by atoms with van der Waals surface area (Å²) >= 11 is 0. The molecule has 35 heavy (non-hydrogen) atoms. The van der Waals surface area contributed by atoms with Crippen LogP contribution in [0.25, 0.3) is 16.9 Å². The van der Waals surface area contributed by atoms with Crippen LogP contribution in [0.5, 0.6) is 0 Å². The molecule has 2 atom stereocenters. The lowest BCUT2D eigenvalue weighted by atomic mass is 10.0. The largest absolute Gasteiger partial charge is 0.387 e. The van der Waals surface area contributed by atoms with Gasteiger partial charge >= 0.3 is 0 Å². The topological polar surface area (TPSA) is 136 Å². The van der Waals surface area contributed by atoms with Crippen molar-refractivity contribution in [3.8, 4) is 17.5 Å². The first-order valence-corrected chi connectivity index (χ1v) is 10.9. The van der Waals surface area contributed by atoms with Gasteiger partial charge in [-0.3, -0.25) is 9.78 Å². The molecule has 9 nitrogen and oxygen atoms in total. The molecule has 1 amide bonds. The molecule has 3 aromatic heterocycles. The van der Waals surface area contributed by atoms with Gasteiger partial charge in [-0.2, -0.15) is 10.4 Å². The minimum atomic E-state index is -1.71. The molecule has 0 spiro atoms. The van der Waals surface area contributed by atoms with Gasteiger partial charge in [0.2, 0.25) is 0 Å². The normalized spacial score (nSPS) is 13.8. The number of rotatable bonds is 9. The van der Waals surface area contributed by atoms with Crippen LogP contribution in [0.2, 0.25) is 0 Å². The van der Waals surface area contributed by atoms with E-state index in [2.05, 4.69) is 20.7 Å². The summed E-state index contributed by atoms with van der Waals surface area (Å²) in [6.45, 7) is 4.50. The predicted octanol–water partition coefficient (Wildman–Crippen LogP) is 2.63. The van der Waals surface area contributed by atoms with E-state index in [1.807, 2.05) is 6.07 Å². The molecule has 0 aromatic carbocycles. The summed E-state index contributed by atoms with van der Waals surface area (Å²) in [6, 6.07) is 8.69. The monoisotopic (exact) mass is 486 g/mol. The fourth-order valence-electron chi connectivity index (χ4n) is 3.15. The van der Waals surface area contributed by atoms with Crippen molar-refractivity contribution in [3.05, 3.63) is 47.8 Å². The van der Waals surface area contributed by atoms with Crippen LogP contribution in [0.1, 0.15) is 43.6 Å². The number of anilines is 1. The number of alkyl halides is 2. The van der Waals surface area contributed by atoms with Crippen molar-refractivity contribution in [2.45, 2.75) is 51.2 Å². The minimum Gasteiger partial charge on any atom is -0.387 e. The van der Waals surface area contributed by atoms with Crippen LogP contribution < -0.4 is 10.6 Å². The molecule has 186 valence electrons. The number of amides is 1. The Kier molecular flexibility index (Phi) is 7.38. The van der Waals surface area contributed by atoms with Gasteiger partial charge in [0.05, 0.1) is 57.7 Å². The number of halogens is 2. The third-order valence-corrected chi connectivity index (χ3v) is 5.49. The van der Waals surface area contributed by atoms with Gasteiger partial charge in [-0.05, 0) is 52.0 Å². The van der Waals surface area contributed by atoms with E-state index in [9.17, 15) is 23.8 Å². The minimum absolute atomic E-state index is 0.0280. The van der Waals surface area contributed by atoms with Crippen LogP contribution in [0.4, 0.5) is 14.5 Å². The van der Waals surface area contributed by atoms with Crippen LogP contribution in [0, 0.1) is 11.3 Å². The van der Waals surface area contributed by atoms with Crippen LogP contribution in [0.3, 0.4) is 0 Å². The second kappa shape index (κ2) is 9.93.